The second kappa shape index (κ2) is 11.2. The summed E-state index contributed by atoms with van der Waals surface area (Å²) < 4.78 is 7.55. The van der Waals surface area contributed by atoms with Crippen molar-refractivity contribution in [3.05, 3.63) is 66.0 Å². The third-order valence-corrected chi connectivity index (χ3v) is 7.28. The van der Waals surface area contributed by atoms with Crippen LogP contribution in [0.3, 0.4) is 0 Å². The van der Waals surface area contributed by atoms with Crippen LogP contribution < -0.4 is 5.32 Å². The highest BCUT2D eigenvalue weighted by Crippen LogP contribution is 2.35. The van der Waals surface area contributed by atoms with Gasteiger partial charge in [0.2, 0.25) is 11.8 Å². The summed E-state index contributed by atoms with van der Waals surface area (Å²) >= 11 is 0. The Morgan fingerprint density at radius 1 is 1.10 bits per heavy atom. The predicted molar refractivity (Wildman–Crippen MR) is 153 cm³/mol. The molecular formula is C31H35N5O5. The summed E-state index contributed by atoms with van der Waals surface area (Å²) in [5, 5.41) is 2.35. The van der Waals surface area contributed by atoms with Gasteiger partial charge in [0, 0.05) is 49.8 Å². The van der Waals surface area contributed by atoms with Crippen molar-refractivity contribution < 1.29 is 23.9 Å². The Kier molecular flexibility index (Phi) is 7.66. The number of aromatic nitrogens is 2. The van der Waals surface area contributed by atoms with Gasteiger partial charge in [0.25, 0.3) is 5.91 Å². The number of nitrogens with zero attached hydrogens (tertiary/aromatic N) is 4. The molecule has 0 aliphatic carbocycles. The van der Waals surface area contributed by atoms with Gasteiger partial charge in [-0.05, 0) is 51.3 Å². The number of fused-ring (bicyclic) bond motifs is 1. The van der Waals surface area contributed by atoms with Crippen LogP contribution in [0.4, 0.5) is 4.79 Å². The molecule has 0 radical (unpaired) electrons. The molecule has 4 amide bonds. The fraction of sp³-hybridized carbons (Fsp3) is 0.387. The number of imidazole rings is 1. The number of imide groups is 1. The average molecular weight is 558 g/mol. The normalized spacial score (nSPS) is 16.9. The van der Waals surface area contributed by atoms with Crippen molar-refractivity contribution in [2.45, 2.75) is 64.8 Å². The molecule has 10 nitrogen and oxygen atoms in total. The number of rotatable bonds is 7. The molecule has 0 bridgehead atoms. The van der Waals surface area contributed by atoms with E-state index in [-0.39, 0.29) is 24.3 Å². The molecule has 2 aliphatic heterocycles. The fourth-order valence-corrected chi connectivity index (χ4v) is 5.29. The highest BCUT2D eigenvalue weighted by Gasteiger charge is 2.39. The second-order valence-corrected chi connectivity index (χ2v) is 11.5. The molecule has 3 aromatic rings. The lowest BCUT2D eigenvalue weighted by molar-refractivity contribution is -0.136. The van der Waals surface area contributed by atoms with Crippen molar-refractivity contribution in [1.29, 1.82) is 0 Å². The van der Waals surface area contributed by atoms with Crippen LogP contribution in [0, 0.1) is 0 Å². The van der Waals surface area contributed by atoms with E-state index in [9.17, 15) is 19.2 Å². The van der Waals surface area contributed by atoms with Crippen LogP contribution in [0.5, 0.6) is 0 Å². The third kappa shape index (κ3) is 6.01. The van der Waals surface area contributed by atoms with Gasteiger partial charge in [-0.15, -0.1) is 0 Å². The van der Waals surface area contributed by atoms with Crippen LogP contribution in [0.1, 0.15) is 56.0 Å². The first-order chi connectivity index (χ1) is 19.5. The van der Waals surface area contributed by atoms with E-state index < -0.39 is 17.6 Å². The van der Waals surface area contributed by atoms with Crippen LogP contribution in [-0.2, 0) is 27.4 Å². The number of aryl methyl sites for hydroxylation is 1. The molecule has 3 heterocycles. The molecule has 1 unspecified atom stereocenters. The first-order valence-electron chi connectivity index (χ1n) is 13.8. The van der Waals surface area contributed by atoms with Crippen LogP contribution >= 0.6 is 0 Å². The van der Waals surface area contributed by atoms with Crippen LogP contribution in [0.2, 0.25) is 0 Å². The molecule has 2 aromatic carbocycles. The van der Waals surface area contributed by atoms with Crippen molar-refractivity contribution in [1.82, 2.24) is 24.7 Å². The van der Waals surface area contributed by atoms with Gasteiger partial charge in [-0.2, -0.15) is 0 Å². The summed E-state index contributed by atoms with van der Waals surface area (Å²) in [6, 6.07) is 15.0. The molecule has 1 saturated heterocycles. The van der Waals surface area contributed by atoms with Crippen molar-refractivity contribution >= 4 is 23.8 Å². The Morgan fingerprint density at radius 2 is 1.85 bits per heavy atom. The van der Waals surface area contributed by atoms with Crippen molar-refractivity contribution in [3.8, 4) is 22.5 Å². The van der Waals surface area contributed by atoms with E-state index in [0.29, 0.717) is 38.0 Å². The predicted octanol–water partition coefficient (Wildman–Crippen LogP) is 4.24. The highest BCUT2D eigenvalue weighted by molar-refractivity contribution is 6.05. The van der Waals surface area contributed by atoms with Crippen LogP contribution in [0.25, 0.3) is 22.5 Å². The van der Waals surface area contributed by atoms with Gasteiger partial charge in [-0.3, -0.25) is 19.7 Å². The Morgan fingerprint density at radius 3 is 2.56 bits per heavy atom. The van der Waals surface area contributed by atoms with Crippen molar-refractivity contribution in [2.75, 3.05) is 13.6 Å². The number of amides is 4. The minimum atomic E-state index is -0.658. The van der Waals surface area contributed by atoms with Crippen molar-refractivity contribution in [3.63, 3.8) is 0 Å². The zero-order valence-corrected chi connectivity index (χ0v) is 23.8. The number of nitrogens with one attached hydrogen (secondary N) is 1. The number of carbonyl (C=O) groups excluding carboxylic acids is 4. The van der Waals surface area contributed by atoms with Crippen LogP contribution in [-0.4, -0.2) is 68.4 Å². The molecule has 2 aliphatic rings. The molecule has 0 saturated carbocycles. The van der Waals surface area contributed by atoms with E-state index in [1.54, 1.807) is 29.2 Å². The van der Waals surface area contributed by atoms with Crippen molar-refractivity contribution in [2.24, 2.45) is 0 Å². The minimum absolute atomic E-state index is 0.205. The van der Waals surface area contributed by atoms with Gasteiger partial charge >= 0.3 is 6.09 Å². The largest absolute Gasteiger partial charge is 0.444 e. The number of benzene rings is 2. The Hall–Kier alpha value is -4.47. The number of hydrogen-bond donors (Lipinski definition) is 1. The van der Waals surface area contributed by atoms with Gasteiger partial charge in [0.05, 0.1) is 17.7 Å². The Bertz CT molecular complexity index is 1490. The summed E-state index contributed by atoms with van der Waals surface area (Å²) in [6.07, 6.45) is 2.69. The second-order valence-electron chi connectivity index (χ2n) is 11.5. The quantitative estimate of drug-likeness (QED) is 0.435. The lowest BCUT2D eigenvalue weighted by Crippen LogP contribution is -2.52. The van der Waals surface area contributed by atoms with Crippen LogP contribution in [0.15, 0.2) is 54.9 Å². The lowest BCUT2D eigenvalue weighted by atomic mass is 10.0. The molecule has 214 valence electrons. The van der Waals surface area contributed by atoms with E-state index in [1.807, 2.05) is 63.2 Å². The average Bonchev–Trinajstić information content (AvgIpc) is 3.49. The molecule has 0 spiro atoms. The molecule has 5 rings (SSSR count). The molecule has 41 heavy (non-hydrogen) atoms. The lowest BCUT2D eigenvalue weighted by Gasteiger charge is -2.29. The summed E-state index contributed by atoms with van der Waals surface area (Å²) in [5.41, 5.74) is 4.43. The number of piperidine rings is 1. The third-order valence-electron chi connectivity index (χ3n) is 7.28. The molecular weight excluding hydrogens is 522 g/mol. The summed E-state index contributed by atoms with van der Waals surface area (Å²) in [4.78, 5) is 57.5. The first kappa shape index (κ1) is 28.1. The summed E-state index contributed by atoms with van der Waals surface area (Å²) in [7, 11) is 1.73. The summed E-state index contributed by atoms with van der Waals surface area (Å²) in [6.45, 7) is 7.00. The minimum Gasteiger partial charge on any atom is -0.444 e. The Balaban J connectivity index is 1.38. The number of ether oxygens (including phenoxy) is 1. The highest BCUT2D eigenvalue weighted by atomic mass is 16.6. The zero-order valence-electron chi connectivity index (χ0n) is 23.8. The van der Waals surface area contributed by atoms with Gasteiger partial charge in [0.15, 0.2) is 0 Å². The van der Waals surface area contributed by atoms with Gasteiger partial charge in [-0.1, -0.05) is 36.4 Å². The molecule has 1 N–H and O–H groups in total. The van der Waals surface area contributed by atoms with E-state index in [4.69, 9.17) is 9.72 Å². The SMILES string of the molecule is CN(CCCn1cnc(-c2ccc3c(c2)CN(C2CCC(=O)NC2=O)C3=O)c1-c1ccccc1)C(=O)OC(C)(C)C. The molecule has 1 fully saturated rings. The maximum atomic E-state index is 13.2. The van der Waals surface area contributed by atoms with E-state index in [1.165, 1.54) is 0 Å². The van der Waals surface area contributed by atoms with E-state index >= 15 is 0 Å². The number of hydrogen-bond acceptors (Lipinski definition) is 6. The monoisotopic (exact) mass is 557 g/mol. The van der Waals surface area contributed by atoms with Gasteiger partial charge < -0.3 is 19.1 Å². The first-order valence-corrected chi connectivity index (χ1v) is 13.8. The van der Waals surface area contributed by atoms with Gasteiger partial charge in [0.1, 0.15) is 11.6 Å². The molecule has 1 atom stereocenters. The fourth-order valence-electron chi connectivity index (χ4n) is 5.29. The maximum absolute atomic E-state index is 13.2. The molecule has 1 aromatic heterocycles. The van der Waals surface area contributed by atoms with E-state index in [0.717, 1.165) is 28.1 Å². The van der Waals surface area contributed by atoms with E-state index in [2.05, 4.69) is 9.88 Å². The maximum Gasteiger partial charge on any atom is 0.410 e. The summed E-state index contributed by atoms with van der Waals surface area (Å²) in [5.74, 6) is -0.938. The van der Waals surface area contributed by atoms with Gasteiger partial charge in [-0.25, -0.2) is 9.78 Å². The number of carbonyl (C=O) groups is 4. The topological polar surface area (TPSA) is 114 Å². The zero-order chi connectivity index (χ0) is 29.3. The standard InChI is InChI=1S/C31H35N5O5/c1-31(2,3)41-30(40)34(4)15-8-16-35-19-32-26(27(35)20-9-6-5-7-10-20)21-11-12-23-22(17-21)18-36(29(23)39)24-13-14-25(37)33-28(24)38/h5-7,9-12,17,19,24H,8,13-16,18H2,1-4H3,(H,33,37,38). The Labute approximate surface area is 239 Å². The molecule has 10 heteroatoms. The smallest absolute Gasteiger partial charge is 0.410 e.